The predicted molar refractivity (Wildman–Crippen MR) is 72.2 cm³/mol. The Labute approximate surface area is 116 Å². The van der Waals surface area contributed by atoms with Gasteiger partial charge in [0.05, 0.1) is 6.26 Å². The Kier molecular flexibility index (Phi) is 3.37. The van der Waals surface area contributed by atoms with Crippen molar-refractivity contribution in [3.05, 3.63) is 53.5 Å². The lowest BCUT2D eigenvalue weighted by molar-refractivity contribution is 0.0892. The van der Waals surface area contributed by atoms with Crippen LogP contribution in [0.5, 0.6) is 5.75 Å². The molecule has 102 valence electrons. The molecule has 0 fully saturated rings. The van der Waals surface area contributed by atoms with E-state index in [0.717, 1.165) is 24.0 Å². The maximum Gasteiger partial charge on any atom is 0.235 e. The zero-order valence-corrected chi connectivity index (χ0v) is 10.9. The van der Waals surface area contributed by atoms with Crippen molar-refractivity contribution in [3.63, 3.8) is 0 Å². The van der Waals surface area contributed by atoms with Crippen molar-refractivity contribution >= 4 is 11.6 Å². The number of furan rings is 1. The van der Waals surface area contributed by atoms with Gasteiger partial charge in [-0.3, -0.25) is 9.59 Å². The second-order valence-electron chi connectivity index (χ2n) is 4.78. The number of rotatable bonds is 4. The molecule has 1 heterocycles. The molecule has 0 saturated heterocycles. The Balaban J connectivity index is 1.69. The molecule has 1 aromatic heterocycles. The lowest BCUT2D eigenvalue weighted by Gasteiger charge is -2.15. The lowest BCUT2D eigenvalue weighted by atomic mass is 9.90. The molecule has 0 bridgehead atoms. The molecule has 0 spiro atoms. The minimum atomic E-state index is -0.205. The monoisotopic (exact) mass is 270 g/mol. The topological polar surface area (TPSA) is 56.5 Å². The summed E-state index contributed by atoms with van der Waals surface area (Å²) in [6.07, 6.45) is 3.83. The van der Waals surface area contributed by atoms with E-state index in [2.05, 4.69) is 0 Å². The van der Waals surface area contributed by atoms with Gasteiger partial charge in [0.1, 0.15) is 5.75 Å². The van der Waals surface area contributed by atoms with Crippen LogP contribution in [0.4, 0.5) is 0 Å². The molecule has 1 aromatic carbocycles. The Hall–Kier alpha value is -2.36. The summed E-state index contributed by atoms with van der Waals surface area (Å²) in [5, 5.41) is 0. The fourth-order valence-corrected chi connectivity index (χ4v) is 2.37. The average molecular weight is 270 g/mol. The molecule has 0 aliphatic heterocycles. The number of fused-ring (bicyclic) bond motifs is 1. The highest BCUT2D eigenvalue weighted by molar-refractivity contribution is 5.98. The SMILES string of the molecule is O=C(COc1ccc2c(c1)CCCC2=O)c1ccco1. The number of hydrogen-bond acceptors (Lipinski definition) is 4. The first-order chi connectivity index (χ1) is 9.74. The Morgan fingerprint density at radius 3 is 2.95 bits per heavy atom. The minimum absolute atomic E-state index is 0.0692. The molecule has 2 aromatic rings. The van der Waals surface area contributed by atoms with E-state index in [-0.39, 0.29) is 23.9 Å². The number of aryl methyl sites for hydroxylation is 1. The van der Waals surface area contributed by atoms with E-state index >= 15 is 0 Å². The van der Waals surface area contributed by atoms with Gasteiger partial charge < -0.3 is 9.15 Å². The van der Waals surface area contributed by atoms with E-state index in [9.17, 15) is 9.59 Å². The molecule has 0 atom stereocenters. The summed E-state index contributed by atoms with van der Waals surface area (Å²) in [4.78, 5) is 23.5. The van der Waals surface area contributed by atoms with Crippen LogP contribution in [0.15, 0.2) is 41.0 Å². The second-order valence-corrected chi connectivity index (χ2v) is 4.78. The van der Waals surface area contributed by atoms with Gasteiger partial charge in [-0.05, 0) is 48.7 Å². The number of benzene rings is 1. The quantitative estimate of drug-likeness (QED) is 0.801. The molecule has 0 saturated carbocycles. The maximum absolute atomic E-state index is 11.7. The van der Waals surface area contributed by atoms with Crippen LogP contribution >= 0.6 is 0 Å². The van der Waals surface area contributed by atoms with Crippen LogP contribution in [0.2, 0.25) is 0 Å². The van der Waals surface area contributed by atoms with Crippen molar-refractivity contribution in [2.45, 2.75) is 19.3 Å². The van der Waals surface area contributed by atoms with Gasteiger partial charge in [0.25, 0.3) is 0 Å². The largest absolute Gasteiger partial charge is 0.485 e. The Bertz CT molecular complexity index is 641. The normalized spacial score (nSPS) is 13.9. The van der Waals surface area contributed by atoms with Crippen LogP contribution in [0.1, 0.15) is 39.3 Å². The summed E-state index contributed by atoms with van der Waals surface area (Å²) in [5.41, 5.74) is 1.78. The highest BCUT2D eigenvalue weighted by atomic mass is 16.5. The summed E-state index contributed by atoms with van der Waals surface area (Å²) in [6, 6.07) is 8.64. The van der Waals surface area contributed by atoms with Gasteiger partial charge in [-0.1, -0.05) is 0 Å². The first-order valence-electron chi connectivity index (χ1n) is 6.59. The van der Waals surface area contributed by atoms with E-state index in [1.54, 1.807) is 24.3 Å². The van der Waals surface area contributed by atoms with Gasteiger partial charge in [0.15, 0.2) is 18.2 Å². The third-order valence-corrected chi connectivity index (χ3v) is 3.39. The molecule has 4 heteroatoms. The van der Waals surface area contributed by atoms with Crippen LogP contribution < -0.4 is 4.74 Å². The molecule has 20 heavy (non-hydrogen) atoms. The summed E-state index contributed by atoms with van der Waals surface area (Å²) < 4.78 is 10.5. The van der Waals surface area contributed by atoms with Crippen LogP contribution in [-0.2, 0) is 6.42 Å². The molecule has 3 rings (SSSR count). The van der Waals surface area contributed by atoms with Gasteiger partial charge >= 0.3 is 0 Å². The molecular formula is C16H14O4. The zero-order chi connectivity index (χ0) is 13.9. The molecular weight excluding hydrogens is 256 g/mol. The summed E-state index contributed by atoms with van der Waals surface area (Å²) >= 11 is 0. The van der Waals surface area contributed by atoms with E-state index in [1.165, 1.54) is 6.26 Å². The first kappa shape index (κ1) is 12.7. The summed E-state index contributed by atoms with van der Waals surface area (Å²) in [6.45, 7) is -0.0692. The fraction of sp³-hybridized carbons (Fsp3) is 0.250. The second kappa shape index (κ2) is 5.33. The van der Waals surface area contributed by atoms with Gasteiger partial charge in [-0.15, -0.1) is 0 Å². The van der Waals surface area contributed by atoms with Crippen molar-refractivity contribution < 1.29 is 18.7 Å². The molecule has 0 radical (unpaired) electrons. The molecule has 0 amide bonds. The van der Waals surface area contributed by atoms with E-state index in [4.69, 9.17) is 9.15 Å². The first-order valence-corrected chi connectivity index (χ1v) is 6.59. The third kappa shape index (κ3) is 2.50. The van der Waals surface area contributed by atoms with Crippen molar-refractivity contribution in [3.8, 4) is 5.75 Å². The molecule has 1 aliphatic carbocycles. The number of ketones is 2. The highest BCUT2D eigenvalue weighted by Crippen LogP contribution is 2.25. The van der Waals surface area contributed by atoms with E-state index in [0.29, 0.717) is 12.2 Å². The van der Waals surface area contributed by atoms with E-state index in [1.807, 2.05) is 6.07 Å². The number of carbonyl (C=O) groups excluding carboxylic acids is 2. The van der Waals surface area contributed by atoms with Crippen LogP contribution in [0.25, 0.3) is 0 Å². The fourth-order valence-electron chi connectivity index (χ4n) is 2.37. The van der Waals surface area contributed by atoms with Crippen LogP contribution in [0.3, 0.4) is 0 Å². The third-order valence-electron chi connectivity index (χ3n) is 3.39. The van der Waals surface area contributed by atoms with Crippen molar-refractivity contribution in [2.24, 2.45) is 0 Å². The number of carbonyl (C=O) groups is 2. The standard InChI is InChI=1S/C16H14O4/c17-14-4-1-3-11-9-12(6-7-13(11)14)20-10-15(18)16-5-2-8-19-16/h2,5-9H,1,3-4,10H2. The zero-order valence-electron chi connectivity index (χ0n) is 10.9. The predicted octanol–water partition coefficient (Wildman–Crippen LogP) is 3.06. The van der Waals surface area contributed by atoms with Gasteiger partial charge in [-0.25, -0.2) is 0 Å². The maximum atomic E-state index is 11.7. The minimum Gasteiger partial charge on any atom is -0.485 e. The number of ether oxygens (including phenoxy) is 1. The van der Waals surface area contributed by atoms with Crippen LogP contribution in [-0.4, -0.2) is 18.2 Å². The van der Waals surface area contributed by atoms with Crippen molar-refractivity contribution in [1.29, 1.82) is 0 Å². The number of hydrogen-bond donors (Lipinski definition) is 0. The Morgan fingerprint density at radius 2 is 2.15 bits per heavy atom. The average Bonchev–Trinajstić information content (AvgIpc) is 2.99. The highest BCUT2D eigenvalue weighted by Gasteiger charge is 2.17. The molecule has 0 N–H and O–H groups in total. The smallest absolute Gasteiger partial charge is 0.235 e. The lowest BCUT2D eigenvalue weighted by Crippen LogP contribution is -2.13. The molecule has 1 aliphatic rings. The van der Waals surface area contributed by atoms with Gasteiger partial charge in [0, 0.05) is 12.0 Å². The van der Waals surface area contributed by atoms with Crippen molar-refractivity contribution in [1.82, 2.24) is 0 Å². The van der Waals surface area contributed by atoms with Crippen molar-refractivity contribution in [2.75, 3.05) is 6.61 Å². The molecule has 0 unspecified atom stereocenters. The molecule has 4 nitrogen and oxygen atoms in total. The van der Waals surface area contributed by atoms with E-state index < -0.39 is 0 Å². The van der Waals surface area contributed by atoms with Crippen LogP contribution in [0, 0.1) is 0 Å². The Morgan fingerprint density at radius 1 is 1.25 bits per heavy atom. The summed E-state index contributed by atoms with van der Waals surface area (Å²) in [7, 11) is 0. The van der Waals surface area contributed by atoms with Gasteiger partial charge in [0.2, 0.25) is 5.78 Å². The van der Waals surface area contributed by atoms with Gasteiger partial charge in [-0.2, -0.15) is 0 Å². The number of Topliss-reactive ketones (excluding diaryl/α,β-unsaturated/α-hetero) is 2. The summed E-state index contributed by atoms with van der Waals surface area (Å²) in [5.74, 6) is 0.879.